The van der Waals surface area contributed by atoms with Gasteiger partial charge in [0.05, 0.1) is 16.8 Å². The maximum Gasteiger partial charge on any atom is 0.261 e. The van der Waals surface area contributed by atoms with Crippen LogP contribution in [0.1, 0.15) is 15.9 Å². The second kappa shape index (κ2) is 10.7. The maximum atomic E-state index is 12.6. The van der Waals surface area contributed by atoms with Gasteiger partial charge in [-0.25, -0.2) is 8.42 Å². The fourth-order valence-electron chi connectivity index (χ4n) is 3.01. The summed E-state index contributed by atoms with van der Waals surface area (Å²) in [7, 11) is -3.75. The van der Waals surface area contributed by atoms with Gasteiger partial charge in [0.2, 0.25) is 0 Å². The van der Waals surface area contributed by atoms with Crippen molar-refractivity contribution in [1.82, 2.24) is 4.98 Å². The molecule has 1 amide bonds. The molecule has 34 heavy (non-hydrogen) atoms. The minimum Gasteiger partial charge on any atom is -0.322 e. The number of sulfonamides is 1. The number of halogens is 1. The van der Waals surface area contributed by atoms with E-state index < -0.39 is 10.0 Å². The lowest BCUT2D eigenvalue weighted by Crippen LogP contribution is -2.14. The van der Waals surface area contributed by atoms with Gasteiger partial charge in [0.1, 0.15) is 0 Å². The Morgan fingerprint density at radius 3 is 2.24 bits per heavy atom. The van der Waals surface area contributed by atoms with Gasteiger partial charge in [-0.15, -0.1) is 11.8 Å². The number of nitrogens with one attached hydrogen (secondary N) is 2. The van der Waals surface area contributed by atoms with Crippen molar-refractivity contribution in [2.24, 2.45) is 0 Å². The third-order valence-electron chi connectivity index (χ3n) is 4.77. The number of anilines is 2. The Bertz CT molecular complexity index is 1360. The third kappa shape index (κ3) is 6.38. The number of thioether (sulfide) groups is 1. The summed E-state index contributed by atoms with van der Waals surface area (Å²) < 4.78 is 27.5. The number of carbonyl (C=O) groups excluding carboxylic acids is 1. The van der Waals surface area contributed by atoms with E-state index in [2.05, 4.69) is 15.0 Å². The van der Waals surface area contributed by atoms with Crippen LogP contribution in [0.15, 0.2) is 107 Å². The lowest BCUT2D eigenvalue weighted by atomic mass is 10.1. The van der Waals surface area contributed by atoms with E-state index >= 15 is 0 Å². The minimum atomic E-state index is -3.75. The van der Waals surface area contributed by atoms with Gasteiger partial charge < -0.3 is 5.32 Å². The summed E-state index contributed by atoms with van der Waals surface area (Å²) in [6.07, 6.45) is 2.98. The van der Waals surface area contributed by atoms with Gasteiger partial charge in [0, 0.05) is 33.1 Å². The normalized spacial score (nSPS) is 11.1. The summed E-state index contributed by atoms with van der Waals surface area (Å²) in [6, 6.07) is 24.2. The van der Waals surface area contributed by atoms with E-state index in [1.807, 2.05) is 36.4 Å². The lowest BCUT2D eigenvalue weighted by molar-refractivity contribution is 0.102. The summed E-state index contributed by atoms with van der Waals surface area (Å²) in [4.78, 5) is 17.7. The Morgan fingerprint density at radius 1 is 0.882 bits per heavy atom. The van der Waals surface area contributed by atoms with Crippen LogP contribution in [0.25, 0.3) is 0 Å². The molecule has 4 rings (SSSR count). The van der Waals surface area contributed by atoms with Gasteiger partial charge in [-0.05, 0) is 78.4 Å². The molecular formula is C25H20ClN3O3S2. The first-order valence-corrected chi connectivity index (χ1v) is 13.1. The largest absolute Gasteiger partial charge is 0.322 e. The maximum absolute atomic E-state index is 12.6. The average Bonchev–Trinajstić information content (AvgIpc) is 2.85. The molecule has 0 unspecified atom stereocenters. The van der Waals surface area contributed by atoms with Gasteiger partial charge in [0.15, 0.2) is 0 Å². The van der Waals surface area contributed by atoms with Crippen molar-refractivity contribution in [2.75, 3.05) is 10.0 Å². The predicted molar refractivity (Wildman–Crippen MR) is 137 cm³/mol. The van der Waals surface area contributed by atoms with Crippen LogP contribution in [0.5, 0.6) is 0 Å². The van der Waals surface area contributed by atoms with Crippen molar-refractivity contribution in [3.63, 3.8) is 0 Å². The molecule has 0 bridgehead atoms. The lowest BCUT2D eigenvalue weighted by Gasteiger charge is -2.09. The molecular weight excluding hydrogens is 490 g/mol. The van der Waals surface area contributed by atoms with Gasteiger partial charge >= 0.3 is 0 Å². The SMILES string of the molecule is O=C(Nc1ccc(S(=O)(=O)Nc2cccnc2)cc1)c1ccc(CSc2ccc(Cl)cc2)cc1. The molecule has 0 atom stereocenters. The second-order valence-electron chi connectivity index (χ2n) is 7.27. The minimum absolute atomic E-state index is 0.0805. The molecule has 0 aliphatic heterocycles. The molecule has 2 N–H and O–H groups in total. The van der Waals surface area contributed by atoms with Gasteiger partial charge in [-0.2, -0.15) is 0 Å². The number of rotatable bonds is 8. The third-order valence-corrected chi connectivity index (χ3v) is 7.50. The molecule has 1 heterocycles. The molecule has 172 valence electrons. The standard InChI is InChI=1S/C25H20ClN3O3S2/c26-20-7-11-23(12-8-20)33-17-18-3-5-19(6-4-18)25(30)28-21-9-13-24(14-10-21)34(31,32)29-22-2-1-15-27-16-22/h1-16,29H,17H2,(H,28,30). The average molecular weight is 510 g/mol. The second-order valence-corrected chi connectivity index (χ2v) is 10.4. The number of hydrogen-bond donors (Lipinski definition) is 2. The van der Waals surface area contributed by atoms with Crippen molar-refractivity contribution >= 4 is 50.7 Å². The van der Waals surface area contributed by atoms with Crippen molar-refractivity contribution < 1.29 is 13.2 Å². The van der Waals surface area contributed by atoms with Crippen LogP contribution >= 0.6 is 23.4 Å². The highest BCUT2D eigenvalue weighted by Crippen LogP contribution is 2.24. The van der Waals surface area contributed by atoms with Crippen LogP contribution in [0, 0.1) is 0 Å². The van der Waals surface area contributed by atoms with Crippen LogP contribution in [0.4, 0.5) is 11.4 Å². The molecule has 0 saturated heterocycles. The van der Waals surface area contributed by atoms with Crippen LogP contribution in [0.3, 0.4) is 0 Å². The molecule has 9 heteroatoms. The number of hydrogen-bond acceptors (Lipinski definition) is 5. The zero-order chi connectivity index (χ0) is 24.0. The zero-order valence-corrected chi connectivity index (χ0v) is 20.2. The molecule has 1 aromatic heterocycles. The summed E-state index contributed by atoms with van der Waals surface area (Å²) in [5, 5.41) is 3.49. The van der Waals surface area contributed by atoms with E-state index in [0.717, 1.165) is 16.2 Å². The monoisotopic (exact) mass is 509 g/mol. The predicted octanol–water partition coefficient (Wildman–Crippen LogP) is 6.08. The topological polar surface area (TPSA) is 88.2 Å². The van der Waals surface area contributed by atoms with Crippen molar-refractivity contribution in [2.45, 2.75) is 15.5 Å². The van der Waals surface area contributed by atoms with Crippen LogP contribution in [-0.2, 0) is 15.8 Å². The number of nitrogens with zero attached hydrogens (tertiary/aromatic N) is 1. The van der Waals surface area contributed by atoms with Crippen LogP contribution < -0.4 is 10.0 Å². The van der Waals surface area contributed by atoms with Gasteiger partial charge in [-0.1, -0.05) is 23.7 Å². The molecule has 6 nitrogen and oxygen atoms in total. The van der Waals surface area contributed by atoms with Crippen molar-refractivity contribution in [1.29, 1.82) is 0 Å². The van der Waals surface area contributed by atoms with Crippen molar-refractivity contribution in [3.8, 4) is 0 Å². The first-order chi connectivity index (χ1) is 16.4. The summed E-state index contributed by atoms with van der Waals surface area (Å²) in [6.45, 7) is 0. The number of benzene rings is 3. The highest BCUT2D eigenvalue weighted by atomic mass is 35.5. The summed E-state index contributed by atoms with van der Waals surface area (Å²) in [5.41, 5.74) is 2.46. The Balaban J connectivity index is 1.34. The zero-order valence-electron chi connectivity index (χ0n) is 17.8. The van der Waals surface area contributed by atoms with E-state index in [1.165, 1.54) is 18.3 Å². The summed E-state index contributed by atoms with van der Waals surface area (Å²) >= 11 is 7.60. The Labute approximate surface area is 207 Å². The first-order valence-electron chi connectivity index (χ1n) is 10.2. The molecule has 0 fully saturated rings. The Kier molecular flexibility index (Phi) is 7.52. The highest BCUT2D eigenvalue weighted by Gasteiger charge is 2.14. The Morgan fingerprint density at radius 2 is 1.59 bits per heavy atom. The van der Waals surface area contributed by atoms with E-state index in [4.69, 9.17) is 11.6 Å². The first kappa shape index (κ1) is 23.8. The molecule has 4 aromatic rings. The molecule has 0 radical (unpaired) electrons. The molecule has 3 aromatic carbocycles. The molecule has 0 spiro atoms. The fraction of sp³-hybridized carbons (Fsp3) is 0.0400. The fourth-order valence-corrected chi connectivity index (χ4v) is 5.03. The smallest absolute Gasteiger partial charge is 0.261 e. The summed E-state index contributed by atoms with van der Waals surface area (Å²) in [5.74, 6) is 0.494. The molecule has 0 aliphatic rings. The van der Waals surface area contributed by atoms with Gasteiger partial charge in [-0.3, -0.25) is 14.5 Å². The van der Waals surface area contributed by atoms with Crippen LogP contribution in [-0.4, -0.2) is 19.3 Å². The van der Waals surface area contributed by atoms with E-state index in [0.29, 0.717) is 22.0 Å². The van der Waals surface area contributed by atoms with Crippen LogP contribution in [0.2, 0.25) is 5.02 Å². The molecule has 0 aliphatic carbocycles. The number of amides is 1. The van der Waals surface area contributed by atoms with E-state index in [9.17, 15) is 13.2 Å². The van der Waals surface area contributed by atoms with E-state index in [-0.39, 0.29) is 10.8 Å². The number of pyridine rings is 1. The number of carbonyl (C=O) groups is 1. The molecule has 0 saturated carbocycles. The highest BCUT2D eigenvalue weighted by molar-refractivity contribution is 7.98. The Hall–Kier alpha value is -3.33. The van der Waals surface area contributed by atoms with E-state index in [1.54, 1.807) is 54.4 Å². The van der Waals surface area contributed by atoms with Gasteiger partial charge in [0.25, 0.3) is 15.9 Å². The van der Waals surface area contributed by atoms with Crippen molar-refractivity contribution in [3.05, 3.63) is 113 Å². The number of aromatic nitrogens is 1. The quantitative estimate of drug-likeness (QED) is 0.281.